The number of carbonyl (C=O) groups is 1. The van der Waals surface area contributed by atoms with Crippen LogP contribution in [0.3, 0.4) is 0 Å². The van der Waals surface area contributed by atoms with E-state index in [2.05, 4.69) is 20.1 Å². The number of nitrogens with one attached hydrogen (secondary N) is 1. The highest BCUT2D eigenvalue weighted by Crippen LogP contribution is 2.17. The van der Waals surface area contributed by atoms with Gasteiger partial charge in [0.05, 0.1) is 18.0 Å². The van der Waals surface area contributed by atoms with Crippen LogP contribution in [0.15, 0.2) is 36.5 Å². The van der Waals surface area contributed by atoms with Crippen LogP contribution in [0.5, 0.6) is 0 Å². The number of aliphatic hydroxyl groups is 1. The highest BCUT2D eigenvalue weighted by molar-refractivity contribution is 6.04. The van der Waals surface area contributed by atoms with Crippen LogP contribution in [0.1, 0.15) is 23.7 Å². The lowest BCUT2D eigenvalue weighted by atomic mass is 10.2. The van der Waals surface area contributed by atoms with Gasteiger partial charge in [-0.15, -0.1) is 0 Å². The summed E-state index contributed by atoms with van der Waals surface area (Å²) in [4.78, 5) is 21.0. The molecule has 1 aromatic carbocycles. The Labute approximate surface area is 162 Å². The minimum Gasteiger partial charge on any atom is -0.392 e. The van der Waals surface area contributed by atoms with Crippen LogP contribution in [0.4, 0.5) is 20.3 Å². The van der Waals surface area contributed by atoms with E-state index in [0.29, 0.717) is 12.2 Å². The third-order valence-electron chi connectivity index (χ3n) is 4.57. The van der Waals surface area contributed by atoms with Gasteiger partial charge in [-0.1, -0.05) is 0 Å². The lowest BCUT2D eigenvalue weighted by Gasteiger charge is -2.23. The average Bonchev–Trinajstić information content (AvgIpc) is 2.86. The van der Waals surface area contributed by atoms with E-state index in [1.165, 1.54) is 6.20 Å². The summed E-state index contributed by atoms with van der Waals surface area (Å²) >= 11 is 0. The Hall–Kier alpha value is -2.58. The van der Waals surface area contributed by atoms with Crippen molar-refractivity contribution in [3.8, 4) is 0 Å². The maximum Gasteiger partial charge on any atom is 0.255 e. The van der Waals surface area contributed by atoms with Gasteiger partial charge in [-0.25, -0.2) is 13.8 Å². The third kappa shape index (κ3) is 5.46. The summed E-state index contributed by atoms with van der Waals surface area (Å²) in [5, 5.41) is 12.1. The summed E-state index contributed by atoms with van der Waals surface area (Å²) in [6.07, 6.45) is 2.15. The fourth-order valence-corrected chi connectivity index (χ4v) is 3.29. The number of aromatic nitrogens is 1. The summed E-state index contributed by atoms with van der Waals surface area (Å²) in [5.41, 5.74) is 0.358. The molecule has 0 spiro atoms. The maximum atomic E-state index is 13.3. The molecule has 1 amide bonds. The van der Waals surface area contributed by atoms with E-state index < -0.39 is 17.5 Å². The van der Waals surface area contributed by atoms with Crippen LogP contribution in [-0.4, -0.2) is 59.7 Å². The lowest BCUT2D eigenvalue weighted by Crippen LogP contribution is -2.35. The van der Waals surface area contributed by atoms with Gasteiger partial charge in [0.1, 0.15) is 17.5 Å². The second-order valence-electron chi connectivity index (χ2n) is 7.01. The molecule has 1 atom stereocenters. The van der Waals surface area contributed by atoms with Crippen LogP contribution >= 0.6 is 0 Å². The first-order valence-electron chi connectivity index (χ1n) is 9.29. The Morgan fingerprint density at radius 1 is 1.18 bits per heavy atom. The molecule has 0 aliphatic carbocycles. The summed E-state index contributed by atoms with van der Waals surface area (Å²) in [6.45, 7) is 5.88. The first kappa shape index (κ1) is 20.2. The molecule has 3 rings (SSSR count). The van der Waals surface area contributed by atoms with Gasteiger partial charge in [0, 0.05) is 37.8 Å². The number of pyridine rings is 1. The van der Waals surface area contributed by atoms with E-state index in [9.17, 15) is 18.7 Å². The molecule has 1 aliphatic rings. The minimum absolute atomic E-state index is 0.0905. The van der Waals surface area contributed by atoms with Gasteiger partial charge in [0.2, 0.25) is 0 Å². The average molecular weight is 390 g/mol. The molecule has 2 N–H and O–H groups in total. The molecule has 2 heterocycles. The normalized spacial score (nSPS) is 16.5. The Morgan fingerprint density at radius 2 is 1.93 bits per heavy atom. The molecule has 150 valence electrons. The van der Waals surface area contributed by atoms with Gasteiger partial charge in [0.25, 0.3) is 5.91 Å². The SMILES string of the molecule is C[C@H](O)CN1CCCN(c2ccc(NC(=O)c3cc(F)cc(F)c3)cn2)CC1. The standard InChI is InChI=1S/C20H24F2N4O2/c1-14(27)13-25-5-2-6-26(8-7-25)19-4-3-18(12-23-19)24-20(28)15-9-16(21)11-17(22)10-15/h3-4,9-12,14,27H,2,5-8,13H2,1H3,(H,24,28)/t14-/m0/s1. The van der Waals surface area contributed by atoms with Crippen molar-refractivity contribution in [1.82, 2.24) is 9.88 Å². The van der Waals surface area contributed by atoms with Gasteiger partial charge in [-0.3, -0.25) is 9.69 Å². The molecule has 0 unspecified atom stereocenters. The van der Waals surface area contributed by atoms with Crippen LogP contribution in [-0.2, 0) is 0 Å². The number of anilines is 2. The second-order valence-corrected chi connectivity index (χ2v) is 7.01. The number of aliphatic hydroxyl groups excluding tert-OH is 1. The number of β-amino-alcohol motifs (C(OH)–C–C–N with tert-alkyl or cyclic N) is 1. The lowest BCUT2D eigenvalue weighted by molar-refractivity contribution is 0.102. The third-order valence-corrected chi connectivity index (χ3v) is 4.57. The van der Waals surface area contributed by atoms with E-state index in [1.807, 2.05) is 6.07 Å². The fourth-order valence-electron chi connectivity index (χ4n) is 3.29. The molecule has 0 radical (unpaired) electrons. The number of amides is 1. The smallest absolute Gasteiger partial charge is 0.255 e. The highest BCUT2D eigenvalue weighted by Gasteiger charge is 2.17. The predicted molar refractivity (Wildman–Crippen MR) is 103 cm³/mol. The molecule has 1 saturated heterocycles. The highest BCUT2D eigenvalue weighted by atomic mass is 19.1. The molecule has 28 heavy (non-hydrogen) atoms. The van der Waals surface area contributed by atoms with Crippen LogP contribution in [0.2, 0.25) is 0 Å². The molecule has 8 heteroatoms. The molecule has 1 fully saturated rings. The quantitative estimate of drug-likeness (QED) is 0.821. The van der Waals surface area contributed by atoms with Crippen molar-refractivity contribution in [3.63, 3.8) is 0 Å². The van der Waals surface area contributed by atoms with Crippen molar-refractivity contribution in [2.24, 2.45) is 0 Å². The summed E-state index contributed by atoms with van der Waals surface area (Å²) in [7, 11) is 0. The first-order valence-corrected chi connectivity index (χ1v) is 9.29. The number of halogens is 2. The van der Waals surface area contributed by atoms with Crippen molar-refractivity contribution in [2.75, 3.05) is 42.9 Å². The van der Waals surface area contributed by atoms with Crippen molar-refractivity contribution in [1.29, 1.82) is 0 Å². The second kappa shape index (κ2) is 9.07. The van der Waals surface area contributed by atoms with Gasteiger partial charge in [-0.2, -0.15) is 0 Å². The number of benzene rings is 1. The molecular weight excluding hydrogens is 366 g/mol. The van der Waals surface area contributed by atoms with Crippen molar-refractivity contribution in [2.45, 2.75) is 19.4 Å². The number of carbonyl (C=O) groups excluding carboxylic acids is 1. The van der Waals surface area contributed by atoms with Crippen molar-refractivity contribution >= 4 is 17.4 Å². The molecular formula is C20H24F2N4O2. The molecule has 2 aromatic rings. The number of hydrogen-bond acceptors (Lipinski definition) is 5. The monoisotopic (exact) mass is 390 g/mol. The molecule has 1 aliphatic heterocycles. The Balaban J connectivity index is 1.61. The van der Waals surface area contributed by atoms with E-state index in [4.69, 9.17) is 0 Å². The van der Waals surface area contributed by atoms with Crippen molar-refractivity contribution in [3.05, 3.63) is 53.7 Å². The Bertz CT molecular complexity index is 794. The molecule has 0 bridgehead atoms. The Kier molecular flexibility index (Phi) is 6.53. The largest absolute Gasteiger partial charge is 0.392 e. The first-order chi connectivity index (χ1) is 13.4. The van der Waals surface area contributed by atoms with E-state index in [-0.39, 0.29) is 11.7 Å². The van der Waals surface area contributed by atoms with Gasteiger partial charge in [0.15, 0.2) is 0 Å². The fraction of sp³-hybridized carbons (Fsp3) is 0.400. The topological polar surface area (TPSA) is 68.7 Å². The van der Waals surface area contributed by atoms with E-state index >= 15 is 0 Å². The van der Waals surface area contributed by atoms with E-state index in [0.717, 1.165) is 56.6 Å². The number of rotatable bonds is 5. The van der Waals surface area contributed by atoms with Crippen LogP contribution in [0, 0.1) is 11.6 Å². The maximum absolute atomic E-state index is 13.3. The van der Waals surface area contributed by atoms with E-state index in [1.54, 1.807) is 13.0 Å². The zero-order valence-corrected chi connectivity index (χ0v) is 15.7. The van der Waals surface area contributed by atoms with Gasteiger partial charge < -0.3 is 15.3 Å². The van der Waals surface area contributed by atoms with Crippen LogP contribution < -0.4 is 10.2 Å². The minimum atomic E-state index is -0.801. The summed E-state index contributed by atoms with van der Waals surface area (Å²) < 4.78 is 26.5. The number of nitrogens with zero attached hydrogens (tertiary/aromatic N) is 3. The zero-order chi connectivity index (χ0) is 20.1. The Morgan fingerprint density at radius 3 is 2.57 bits per heavy atom. The van der Waals surface area contributed by atoms with Crippen molar-refractivity contribution < 1.29 is 18.7 Å². The molecule has 6 nitrogen and oxygen atoms in total. The van der Waals surface area contributed by atoms with Gasteiger partial charge in [-0.05, 0) is 44.2 Å². The molecule has 0 saturated carbocycles. The number of hydrogen-bond donors (Lipinski definition) is 2. The molecule has 1 aromatic heterocycles. The summed E-state index contributed by atoms with van der Waals surface area (Å²) in [6, 6.07) is 6.21. The zero-order valence-electron chi connectivity index (χ0n) is 15.7. The predicted octanol–water partition coefficient (Wildman–Crippen LogP) is 2.51. The summed E-state index contributed by atoms with van der Waals surface area (Å²) in [5.74, 6) is -1.40. The van der Waals surface area contributed by atoms with Crippen LogP contribution in [0.25, 0.3) is 0 Å². The van der Waals surface area contributed by atoms with Gasteiger partial charge >= 0.3 is 0 Å².